The number of methoxy groups -OCH3 is 1. The van der Waals surface area contributed by atoms with E-state index in [2.05, 4.69) is 0 Å². The Morgan fingerprint density at radius 1 is 1.06 bits per heavy atom. The largest absolute Gasteiger partial charge is 0.478 e. The minimum atomic E-state index is -1.37. The Morgan fingerprint density at radius 3 is 1.94 bits per heavy atom. The molecule has 0 fully saturated rings. The fourth-order valence-corrected chi connectivity index (χ4v) is 1.22. The van der Waals surface area contributed by atoms with E-state index in [0.717, 1.165) is 0 Å². The van der Waals surface area contributed by atoms with Gasteiger partial charge in [0, 0.05) is 26.4 Å². The van der Waals surface area contributed by atoms with Gasteiger partial charge in [-0.2, -0.15) is 0 Å². The van der Waals surface area contributed by atoms with Crippen LogP contribution in [0.2, 0.25) is 0 Å². The molecule has 0 atom stereocenters. The van der Waals surface area contributed by atoms with Gasteiger partial charge in [-0.15, -0.1) is 0 Å². The lowest BCUT2D eigenvalue weighted by Crippen LogP contribution is -2.15. The first-order valence-electron chi connectivity index (χ1n) is 5.13. The molecule has 0 saturated heterocycles. The van der Waals surface area contributed by atoms with Gasteiger partial charge in [-0.25, -0.2) is 9.59 Å². The maximum atomic E-state index is 11.2. The number of carbonyl (C=O) groups excluding carboxylic acids is 1. The Morgan fingerprint density at radius 2 is 1.59 bits per heavy atom. The van der Waals surface area contributed by atoms with E-state index in [1.165, 1.54) is 7.11 Å². The van der Waals surface area contributed by atoms with Crippen molar-refractivity contribution in [2.45, 2.75) is 26.2 Å². The van der Waals surface area contributed by atoms with Gasteiger partial charge >= 0.3 is 11.9 Å². The topological polar surface area (TPSA) is 101 Å². The average molecular weight is 244 g/mol. The molecule has 0 aromatic rings. The van der Waals surface area contributed by atoms with Gasteiger partial charge in [-0.1, -0.05) is 6.92 Å². The van der Waals surface area contributed by atoms with Crippen molar-refractivity contribution in [2.24, 2.45) is 0 Å². The molecular formula is C11H16O6. The van der Waals surface area contributed by atoms with E-state index in [1.807, 2.05) is 0 Å². The average Bonchev–Trinajstić information content (AvgIpc) is 2.26. The molecule has 2 N–H and O–H groups in total. The smallest absolute Gasteiger partial charge is 0.332 e. The summed E-state index contributed by atoms with van der Waals surface area (Å²) in [5.74, 6) is -3.01. The number of hydrogen-bond donors (Lipinski definition) is 2. The minimum absolute atomic E-state index is 0.0372. The van der Waals surface area contributed by atoms with Crippen LogP contribution in [-0.4, -0.2) is 41.7 Å². The second-order valence-electron chi connectivity index (χ2n) is 3.38. The van der Waals surface area contributed by atoms with Crippen molar-refractivity contribution in [3.8, 4) is 0 Å². The maximum Gasteiger partial charge on any atom is 0.332 e. The number of carboxylic acid groups (broad SMARTS) is 2. The summed E-state index contributed by atoms with van der Waals surface area (Å²) in [5.41, 5.74) is -0.637. The summed E-state index contributed by atoms with van der Waals surface area (Å²) in [4.78, 5) is 33.1. The van der Waals surface area contributed by atoms with Gasteiger partial charge in [0.2, 0.25) is 0 Å². The zero-order chi connectivity index (χ0) is 13.4. The van der Waals surface area contributed by atoms with Gasteiger partial charge in [-0.05, 0) is 0 Å². The molecule has 0 aliphatic rings. The number of hydrogen-bond acceptors (Lipinski definition) is 4. The SMILES string of the molecule is CCC(=O)C/C(C(=O)O)=C(/CCOC)C(=O)O. The van der Waals surface area contributed by atoms with Gasteiger partial charge in [0.1, 0.15) is 5.78 Å². The number of ketones is 1. The summed E-state index contributed by atoms with van der Waals surface area (Å²) in [5, 5.41) is 17.8. The second kappa shape index (κ2) is 7.56. The molecule has 6 nitrogen and oxygen atoms in total. The molecule has 0 aliphatic carbocycles. The first kappa shape index (κ1) is 15.3. The molecule has 6 heteroatoms. The third kappa shape index (κ3) is 5.26. The van der Waals surface area contributed by atoms with Crippen molar-refractivity contribution >= 4 is 17.7 Å². The predicted octanol–water partition coefficient (Wildman–Crippen LogP) is 0.858. The van der Waals surface area contributed by atoms with E-state index in [1.54, 1.807) is 6.92 Å². The van der Waals surface area contributed by atoms with Crippen molar-refractivity contribution < 1.29 is 29.3 Å². The zero-order valence-electron chi connectivity index (χ0n) is 9.86. The van der Waals surface area contributed by atoms with Gasteiger partial charge < -0.3 is 14.9 Å². The van der Waals surface area contributed by atoms with Crippen LogP contribution in [0, 0.1) is 0 Å². The lowest BCUT2D eigenvalue weighted by atomic mass is 9.99. The van der Waals surface area contributed by atoms with Gasteiger partial charge in [0.25, 0.3) is 0 Å². The Balaban J connectivity index is 5.19. The van der Waals surface area contributed by atoms with Gasteiger partial charge in [-0.3, -0.25) is 4.79 Å². The number of carboxylic acids is 2. The molecule has 0 aromatic heterocycles. The summed E-state index contributed by atoms with van der Waals surface area (Å²) >= 11 is 0. The molecule has 0 bridgehead atoms. The highest BCUT2D eigenvalue weighted by Crippen LogP contribution is 2.15. The minimum Gasteiger partial charge on any atom is -0.478 e. The standard InChI is InChI=1S/C11H16O6/c1-3-7(12)6-9(11(15)16)8(10(13)14)4-5-17-2/h3-6H2,1-2H3,(H,13,14)(H,15,16)/b9-8+. The van der Waals surface area contributed by atoms with E-state index in [9.17, 15) is 14.4 Å². The first-order valence-corrected chi connectivity index (χ1v) is 5.13. The van der Waals surface area contributed by atoms with Gasteiger partial charge in [0.05, 0.1) is 17.8 Å². The molecule has 0 aliphatic heterocycles. The van der Waals surface area contributed by atoms with Crippen LogP contribution in [0.5, 0.6) is 0 Å². The predicted molar refractivity (Wildman–Crippen MR) is 58.7 cm³/mol. The van der Waals surface area contributed by atoms with Gasteiger partial charge in [0.15, 0.2) is 0 Å². The van der Waals surface area contributed by atoms with E-state index in [-0.39, 0.29) is 42.8 Å². The molecule has 0 radical (unpaired) electrons. The maximum absolute atomic E-state index is 11.2. The number of ether oxygens (including phenoxy) is 1. The molecule has 0 heterocycles. The monoisotopic (exact) mass is 244 g/mol. The van der Waals surface area contributed by atoms with Crippen LogP contribution >= 0.6 is 0 Å². The quantitative estimate of drug-likeness (QED) is 0.614. The summed E-state index contributed by atoms with van der Waals surface area (Å²) < 4.78 is 4.71. The Kier molecular flexibility index (Phi) is 6.81. The Bertz CT molecular complexity index is 342. The van der Waals surface area contributed by atoms with E-state index in [0.29, 0.717) is 0 Å². The van der Waals surface area contributed by atoms with Crippen LogP contribution in [-0.2, 0) is 19.1 Å². The third-order valence-electron chi connectivity index (χ3n) is 2.21. The lowest BCUT2D eigenvalue weighted by molar-refractivity contribution is -0.136. The third-order valence-corrected chi connectivity index (χ3v) is 2.21. The molecule has 17 heavy (non-hydrogen) atoms. The lowest BCUT2D eigenvalue weighted by Gasteiger charge is -2.07. The van der Waals surface area contributed by atoms with Crippen molar-refractivity contribution in [1.82, 2.24) is 0 Å². The van der Waals surface area contributed by atoms with E-state index >= 15 is 0 Å². The molecule has 96 valence electrons. The fraction of sp³-hybridized carbons (Fsp3) is 0.545. The van der Waals surface area contributed by atoms with Crippen molar-refractivity contribution in [3.63, 3.8) is 0 Å². The summed E-state index contributed by atoms with van der Waals surface area (Å²) in [6.07, 6.45) is -0.227. The van der Waals surface area contributed by atoms with Crippen molar-refractivity contribution in [3.05, 3.63) is 11.1 Å². The molecule has 0 saturated carbocycles. The fourth-order valence-electron chi connectivity index (χ4n) is 1.22. The first-order chi connectivity index (χ1) is 7.93. The van der Waals surface area contributed by atoms with E-state index < -0.39 is 11.9 Å². The van der Waals surface area contributed by atoms with Crippen LogP contribution in [0.25, 0.3) is 0 Å². The molecular weight excluding hydrogens is 228 g/mol. The van der Waals surface area contributed by atoms with Crippen LogP contribution in [0.3, 0.4) is 0 Å². The molecule has 0 aromatic carbocycles. The van der Waals surface area contributed by atoms with Crippen LogP contribution in [0.15, 0.2) is 11.1 Å². The number of carbonyl (C=O) groups is 3. The van der Waals surface area contributed by atoms with Crippen LogP contribution < -0.4 is 0 Å². The van der Waals surface area contributed by atoms with E-state index in [4.69, 9.17) is 14.9 Å². The normalized spacial score (nSPS) is 11.9. The molecule has 0 unspecified atom stereocenters. The second-order valence-corrected chi connectivity index (χ2v) is 3.38. The highest BCUT2D eigenvalue weighted by atomic mass is 16.5. The molecule has 0 amide bonds. The number of rotatable bonds is 8. The van der Waals surface area contributed by atoms with Crippen LogP contribution in [0.1, 0.15) is 26.2 Å². The Labute approximate surface area is 98.9 Å². The molecule has 0 spiro atoms. The highest BCUT2D eigenvalue weighted by molar-refractivity contribution is 6.02. The highest BCUT2D eigenvalue weighted by Gasteiger charge is 2.21. The summed E-state index contributed by atoms with van der Waals surface area (Å²) in [6.45, 7) is 1.69. The van der Waals surface area contributed by atoms with Crippen molar-refractivity contribution in [2.75, 3.05) is 13.7 Å². The summed E-state index contributed by atoms with van der Waals surface area (Å²) in [6, 6.07) is 0. The van der Waals surface area contributed by atoms with Crippen molar-refractivity contribution in [1.29, 1.82) is 0 Å². The molecule has 0 rings (SSSR count). The number of aliphatic carboxylic acids is 2. The summed E-state index contributed by atoms with van der Waals surface area (Å²) in [7, 11) is 1.39. The number of Topliss-reactive ketones (excluding diaryl/α,β-unsaturated/α-hetero) is 1. The zero-order valence-corrected chi connectivity index (χ0v) is 9.86. The Hall–Kier alpha value is -1.69. The van der Waals surface area contributed by atoms with Crippen LogP contribution in [0.4, 0.5) is 0 Å².